The first-order chi connectivity index (χ1) is 4.45. The molecule has 0 amide bonds. The lowest BCUT2D eigenvalue weighted by molar-refractivity contribution is 0.208. The van der Waals surface area contributed by atoms with Gasteiger partial charge in [-0.05, 0) is 44.2 Å². The number of fused-ring (bicyclic) bond motifs is 2. The third kappa shape index (κ3) is 1.64. The fraction of sp³-hybridized carbons (Fsp3) is 1.00. The second-order valence-corrected chi connectivity index (χ2v) is 3.56. The summed E-state index contributed by atoms with van der Waals surface area (Å²) in [7, 11) is 0. The molecule has 1 aliphatic carbocycles. The second-order valence-electron chi connectivity index (χ2n) is 3.56. The molecule has 1 heterocycles. The van der Waals surface area contributed by atoms with Gasteiger partial charge in [-0.3, -0.25) is 0 Å². The summed E-state index contributed by atoms with van der Waals surface area (Å²) < 4.78 is 0. The first kappa shape index (κ1) is 8.35. The van der Waals surface area contributed by atoms with E-state index in [4.69, 9.17) is 0 Å². The summed E-state index contributed by atoms with van der Waals surface area (Å²) in [5.74, 6) is 2.08. The molecule has 1 N–H and O–H groups in total. The van der Waals surface area contributed by atoms with Crippen LogP contribution in [0.1, 0.15) is 25.7 Å². The Kier molecular flexibility index (Phi) is 2.99. The van der Waals surface area contributed by atoms with Crippen molar-refractivity contribution >= 4 is 12.4 Å². The number of rotatable bonds is 0. The first-order valence-corrected chi connectivity index (χ1v) is 4.16. The molecule has 1 nitrogen and oxygen atoms in total. The maximum atomic E-state index is 3.49. The highest BCUT2D eigenvalue weighted by Crippen LogP contribution is 2.30. The van der Waals surface area contributed by atoms with Gasteiger partial charge in [-0.25, -0.2) is 0 Å². The fourth-order valence-corrected chi connectivity index (χ4v) is 2.26. The number of nitrogens with one attached hydrogen (secondary N) is 1. The van der Waals surface area contributed by atoms with Gasteiger partial charge in [-0.15, -0.1) is 12.4 Å². The molecule has 60 valence electrons. The molecule has 2 bridgehead atoms. The van der Waals surface area contributed by atoms with Gasteiger partial charge in [0.15, 0.2) is 0 Å². The van der Waals surface area contributed by atoms with Crippen molar-refractivity contribution in [3.63, 3.8) is 0 Å². The smallest absolute Gasteiger partial charge is 0.00203 e. The minimum atomic E-state index is 0. The Morgan fingerprint density at radius 3 is 2.10 bits per heavy atom. The molecule has 2 rings (SSSR count). The molecular formula is C8H16ClN. The van der Waals surface area contributed by atoms with Crippen LogP contribution in [-0.4, -0.2) is 13.1 Å². The highest BCUT2D eigenvalue weighted by Gasteiger charge is 2.24. The molecule has 0 aromatic carbocycles. The summed E-state index contributed by atoms with van der Waals surface area (Å²) >= 11 is 0. The Bertz CT molecular complexity index is 85.4. The topological polar surface area (TPSA) is 12.0 Å². The van der Waals surface area contributed by atoms with E-state index in [1.165, 1.54) is 38.8 Å². The Balaban J connectivity index is 0.000000500. The minimum absolute atomic E-state index is 0. The van der Waals surface area contributed by atoms with Gasteiger partial charge in [0, 0.05) is 0 Å². The van der Waals surface area contributed by atoms with E-state index in [1.807, 2.05) is 0 Å². The van der Waals surface area contributed by atoms with E-state index in [1.54, 1.807) is 0 Å². The maximum absolute atomic E-state index is 3.49. The molecule has 10 heavy (non-hydrogen) atoms. The zero-order valence-corrected chi connectivity index (χ0v) is 7.12. The normalized spacial score (nSPS) is 38.4. The predicted octanol–water partition coefficient (Wildman–Crippen LogP) is 1.82. The molecule has 1 saturated heterocycles. The van der Waals surface area contributed by atoms with Crippen LogP contribution < -0.4 is 5.32 Å². The number of hydrogen-bond acceptors (Lipinski definition) is 1. The van der Waals surface area contributed by atoms with E-state index in [9.17, 15) is 0 Å². The molecule has 2 atom stereocenters. The number of halogens is 1. The van der Waals surface area contributed by atoms with Gasteiger partial charge in [0.25, 0.3) is 0 Å². The fourth-order valence-electron chi connectivity index (χ4n) is 2.26. The molecule has 0 unspecified atom stereocenters. The third-order valence-corrected chi connectivity index (χ3v) is 2.76. The van der Waals surface area contributed by atoms with E-state index in [-0.39, 0.29) is 12.4 Å². The lowest BCUT2D eigenvalue weighted by Gasteiger charge is -2.34. The first-order valence-electron chi connectivity index (χ1n) is 4.16. The lowest BCUT2D eigenvalue weighted by atomic mass is 9.79. The average molecular weight is 162 g/mol. The molecule has 0 aromatic heterocycles. The van der Waals surface area contributed by atoms with Crippen LogP contribution >= 0.6 is 12.4 Å². The molecular weight excluding hydrogens is 146 g/mol. The standard InChI is InChI=1S/C8H15N.ClH/c1-2-7-4-8(3-1)6-9-5-7;/h7-9H,1-6H2;1H/t7-,8+;. The van der Waals surface area contributed by atoms with Gasteiger partial charge in [0.1, 0.15) is 0 Å². The molecule has 0 aromatic rings. The van der Waals surface area contributed by atoms with E-state index < -0.39 is 0 Å². The van der Waals surface area contributed by atoms with Crippen LogP contribution in [0, 0.1) is 11.8 Å². The molecule has 0 spiro atoms. The quantitative estimate of drug-likeness (QED) is 0.572. The zero-order valence-electron chi connectivity index (χ0n) is 6.31. The van der Waals surface area contributed by atoms with Gasteiger partial charge >= 0.3 is 0 Å². The maximum Gasteiger partial charge on any atom is -0.00203 e. The summed E-state index contributed by atoms with van der Waals surface area (Å²) in [6, 6.07) is 0. The van der Waals surface area contributed by atoms with Crippen molar-refractivity contribution in [2.24, 2.45) is 11.8 Å². The Morgan fingerprint density at radius 1 is 1.00 bits per heavy atom. The van der Waals surface area contributed by atoms with Crippen LogP contribution in [0.3, 0.4) is 0 Å². The summed E-state index contributed by atoms with van der Waals surface area (Å²) in [6.45, 7) is 2.60. The van der Waals surface area contributed by atoms with Gasteiger partial charge in [0.05, 0.1) is 0 Å². The van der Waals surface area contributed by atoms with Crippen molar-refractivity contribution in [1.29, 1.82) is 0 Å². The van der Waals surface area contributed by atoms with Crippen molar-refractivity contribution in [3.05, 3.63) is 0 Å². The Hall–Kier alpha value is 0.250. The van der Waals surface area contributed by atoms with Crippen molar-refractivity contribution in [3.8, 4) is 0 Å². The van der Waals surface area contributed by atoms with Crippen molar-refractivity contribution < 1.29 is 0 Å². The van der Waals surface area contributed by atoms with Crippen LogP contribution in [0.4, 0.5) is 0 Å². The number of piperidine rings is 1. The second kappa shape index (κ2) is 3.59. The van der Waals surface area contributed by atoms with Crippen molar-refractivity contribution in [2.45, 2.75) is 25.7 Å². The minimum Gasteiger partial charge on any atom is -0.316 e. The van der Waals surface area contributed by atoms with Gasteiger partial charge in [-0.1, -0.05) is 6.42 Å². The Morgan fingerprint density at radius 2 is 1.60 bits per heavy atom. The monoisotopic (exact) mass is 161 g/mol. The summed E-state index contributed by atoms with van der Waals surface area (Å²) in [4.78, 5) is 0. The van der Waals surface area contributed by atoms with E-state index in [0.717, 1.165) is 11.8 Å². The molecule has 2 aliphatic rings. The summed E-state index contributed by atoms with van der Waals surface area (Å²) in [5.41, 5.74) is 0. The van der Waals surface area contributed by atoms with Crippen molar-refractivity contribution in [2.75, 3.05) is 13.1 Å². The molecule has 1 saturated carbocycles. The molecule has 1 aliphatic heterocycles. The molecule has 2 heteroatoms. The summed E-state index contributed by atoms with van der Waals surface area (Å²) in [5, 5.41) is 3.49. The van der Waals surface area contributed by atoms with E-state index in [0.29, 0.717) is 0 Å². The lowest BCUT2D eigenvalue weighted by Crippen LogP contribution is -2.38. The van der Waals surface area contributed by atoms with Gasteiger partial charge in [-0.2, -0.15) is 0 Å². The molecule has 2 fully saturated rings. The van der Waals surface area contributed by atoms with Crippen molar-refractivity contribution in [1.82, 2.24) is 5.32 Å². The average Bonchev–Trinajstić information content (AvgIpc) is 1.88. The zero-order chi connectivity index (χ0) is 6.10. The largest absolute Gasteiger partial charge is 0.316 e. The Labute approximate surface area is 69.0 Å². The van der Waals surface area contributed by atoms with Crippen LogP contribution in [0.25, 0.3) is 0 Å². The van der Waals surface area contributed by atoms with Crippen LogP contribution in [0.2, 0.25) is 0 Å². The third-order valence-electron chi connectivity index (χ3n) is 2.76. The highest BCUT2D eigenvalue weighted by atomic mass is 35.5. The van der Waals surface area contributed by atoms with Crippen LogP contribution in [0.5, 0.6) is 0 Å². The van der Waals surface area contributed by atoms with Gasteiger partial charge in [0.2, 0.25) is 0 Å². The highest BCUT2D eigenvalue weighted by molar-refractivity contribution is 5.85. The van der Waals surface area contributed by atoms with Crippen LogP contribution in [-0.2, 0) is 0 Å². The van der Waals surface area contributed by atoms with Crippen LogP contribution in [0.15, 0.2) is 0 Å². The summed E-state index contributed by atoms with van der Waals surface area (Å²) in [6.07, 6.45) is 6.00. The van der Waals surface area contributed by atoms with Gasteiger partial charge < -0.3 is 5.32 Å². The number of hydrogen-bond donors (Lipinski definition) is 1. The van der Waals surface area contributed by atoms with E-state index in [2.05, 4.69) is 5.32 Å². The molecule has 0 radical (unpaired) electrons. The predicted molar refractivity (Wildman–Crippen MR) is 45.6 cm³/mol. The SMILES string of the molecule is C1C[C@@H]2CNC[C@H](C1)C2.Cl. The van der Waals surface area contributed by atoms with E-state index >= 15 is 0 Å².